The lowest BCUT2D eigenvalue weighted by atomic mass is 10.1. The van der Waals surface area contributed by atoms with Gasteiger partial charge in [0.15, 0.2) is 11.5 Å². The summed E-state index contributed by atoms with van der Waals surface area (Å²) in [7, 11) is 1.55. The SMILES string of the molecule is CCN(CC)C(=O)/C(C#N)=C\c1ccc(OCc2ccc(Br)cc2Br)c(OC)c1. The molecule has 0 atom stereocenters. The second kappa shape index (κ2) is 11.0. The van der Waals surface area contributed by atoms with E-state index >= 15 is 0 Å². The summed E-state index contributed by atoms with van der Waals surface area (Å²) in [6.45, 7) is 5.24. The van der Waals surface area contributed by atoms with Crippen LogP contribution in [0.1, 0.15) is 25.0 Å². The van der Waals surface area contributed by atoms with Crippen molar-refractivity contribution in [3.63, 3.8) is 0 Å². The Hall–Kier alpha value is -2.30. The molecule has 0 aliphatic heterocycles. The van der Waals surface area contributed by atoms with Gasteiger partial charge in [-0.15, -0.1) is 0 Å². The fourth-order valence-electron chi connectivity index (χ4n) is 2.68. The number of nitrogens with zero attached hydrogens (tertiary/aromatic N) is 2. The third-order valence-corrected chi connectivity index (χ3v) is 5.53. The Balaban J connectivity index is 2.23. The topological polar surface area (TPSA) is 62.6 Å². The molecule has 7 heteroatoms. The molecule has 0 N–H and O–H groups in total. The van der Waals surface area contributed by atoms with E-state index in [1.807, 2.05) is 38.1 Å². The highest BCUT2D eigenvalue weighted by atomic mass is 79.9. The Morgan fingerprint density at radius 3 is 2.45 bits per heavy atom. The predicted octanol–water partition coefficient (Wildman–Crippen LogP) is 5.57. The minimum absolute atomic E-state index is 0.0863. The zero-order valence-electron chi connectivity index (χ0n) is 16.5. The summed E-state index contributed by atoms with van der Waals surface area (Å²) < 4.78 is 13.3. The zero-order chi connectivity index (χ0) is 21.4. The summed E-state index contributed by atoms with van der Waals surface area (Å²) in [5.41, 5.74) is 1.77. The molecule has 0 aliphatic rings. The minimum Gasteiger partial charge on any atom is -0.493 e. The Morgan fingerprint density at radius 1 is 1.14 bits per heavy atom. The second-order valence-electron chi connectivity index (χ2n) is 6.08. The Morgan fingerprint density at radius 2 is 1.86 bits per heavy atom. The number of rotatable bonds is 8. The van der Waals surface area contributed by atoms with Gasteiger partial charge in [0, 0.05) is 27.6 Å². The Bertz CT molecular complexity index is 948. The number of hydrogen-bond donors (Lipinski definition) is 0. The van der Waals surface area contributed by atoms with Crippen LogP contribution < -0.4 is 9.47 Å². The number of ether oxygens (including phenoxy) is 2. The van der Waals surface area contributed by atoms with Crippen LogP contribution >= 0.6 is 31.9 Å². The third-order valence-electron chi connectivity index (χ3n) is 4.30. The van der Waals surface area contributed by atoms with Gasteiger partial charge in [-0.1, -0.05) is 44.0 Å². The van der Waals surface area contributed by atoms with E-state index in [1.54, 1.807) is 36.3 Å². The van der Waals surface area contributed by atoms with Gasteiger partial charge in [-0.25, -0.2) is 0 Å². The zero-order valence-corrected chi connectivity index (χ0v) is 19.7. The molecule has 152 valence electrons. The van der Waals surface area contributed by atoms with Crippen molar-refractivity contribution in [1.29, 1.82) is 5.26 Å². The summed E-state index contributed by atoms with van der Waals surface area (Å²) in [4.78, 5) is 14.1. The van der Waals surface area contributed by atoms with Gasteiger partial charge in [-0.2, -0.15) is 5.26 Å². The summed E-state index contributed by atoms with van der Waals surface area (Å²) in [6, 6.07) is 13.2. The lowest BCUT2D eigenvalue weighted by Gasteiger charge is -2.17. The first-order chi connectivity index (χ1) is 13.9. The van der Waals surface area contributed by atoms with Crippen LogP contribution in [-0.4, -0.2) is 31.0 Å². The van der Waals surface area contributed by atoms with E-state index in [-0.39, 0.29) is 11.5 Å². The van der Waals surface area contributed by atoms with Gasteiger partial charge in [0.25, 0.3) is 5.91 Å². The molecule has 0 spiro atoms. The molecule has 2 aromatic rings. The van der Waals surface area contributed by atoms with Crippen LogP contribution in [-0.2, 0) is 11.4 Å². The highest BCUT2D eigenvalue weighted by Gasteiger charge is 2.16. The summed E-state index contributed by atoms with van der Waals surface area (Å²) in [5.74, 6) is 0.824. The summed E-state index contributed by atoms with van der Waals surface area (Å²) in [6.07, 6.45) is 1.57. The molecule has 0 heterocycles. The molecule has 0 aromatic heterocycles. The summed E-state index contributed by atoms with van der Waals surface area (Å²) >= 11 is 6.95. The number of carbonyl (C=O) groups excluding carboxylic acids is 1. The molecular weight excluding hydrogens is 500 g/mol. The maximum Gasteiger partial charge on any atom is 0.264 e. The van der Waals surface area contributed by atoms with E-state index in [4.69, 9.17) is 9.47 Å². The molecule has 0 radical (unpaired) electrons. The Labute approximate surface area is 188 Å². The lowest BCUT2D eigenvalue weighted by Crippen LogP contribution is -2.31. The number of benzene rings is 2. The van der Waals surface area contributed by atoms with Crippen LogP contribution in [0.15, 0.2) is 50.9 Å². The van der Waals surface area contributed by atoms with E-state index < -0.39 is 0 Å². The average molecular weight is 522 g/mol. The van der Waals surface area contributed by atoms with Crippen molar-refractivity contribution in [2.24, 2.45) is 0 Å². The average Bonchev–Trinajstić information content (AvgIpc) is 2.72. The van der Waals surface area contributed by atoms with Crippen LogP contribution in [0.5, 0.6) is 11.5 Å². The van der Waals surface area contributed by atoms with E-state index in [1.165, 1.54) is 0 Å². The lowest BCUT2D eigenvalue weighted by molar-refractivity contribution is -0.126. The van der Waals surface area contributed by atoms with Crippen LogP contribution in [0.4, 0.5) is 0 Å². The maximum atomic E-state index is 12.4. The van der Waals surface area contributed by atoms with Gasteiger partial charge in [0.05, 0.1) is 7.11 Å². The molecule has 5 nitrogen and oxygen atoms in total. The molecule has 0 saturated heterocycles. The molecule has 0 bridgehead atoms. The smallest absolute Gasteiger partial charge is 0.264 e. The van der Waals surface area contributed by atoms with Crippen molar-refractivity contribution in [2.45, 2.75) is 20.5 Å². The highest BCUT2D eigenvalue weighted by Crippen LogP contribution is 2.31. The van der Waals surface area contributed by atoms with Gasteiger partial charge >= 0.3 is 0 Å². The van der Waals surface area contributed by atoms with Gasteiger partial charge in [-0.3, -0.25) is 4.79 Å². The molecule has 2 aromatic carbocycles. The second-order valence-corrected chi connectivity index (χ2v) is 7.85. The molecule has 0 aliphatic carbocycles. The van der Waals surface area contributed by atoms with Crippen LogP contribution in [0.25, 0.3) is 6.08 Å². The molecule has 0 saturated carbocycles. The largest absolute Gasteiger partial charge is 0.493 e. The molecule has 0 fully saturated rings. The fraction of sp³-hybridized carbons (Fsp3) is 0.273. The van der Waals surface area contributed by atoms with Crippen molar-refractivity contribution in [1.82, 2.24) is 4.90 Å². The van der Waals surface area contributed by atoms with Crippen molar-refractivity contribution in [2.75, 3.05) is 20.2 Å². The Kier molecular flexibility index (Phi) is 8.74. The number of methoxy groups -OCH3 is 1. The minimum atomic E-state index is -0.281. The van der Waals surface area contributed by atoms with Gasteiger partial charge in [0.2, 0.25) is 0 Å². The van der Waals surface area contributed by atoms with Crippen molar-refractivity contribution >= 4 is 43.8 Å². The van der Waals surface area contributed by atoms with E-state index in [0.29, 0.717) is 36.8 Å². The first-order valence-electron chi connectivity index (χ1n) is 9.09. The van der Waals surface area contributed by atoms with Crippen molar-refractivity contribution in [3.05, 3.63) is 62.0 Å². The number of halogens is 2. The monoisotopic (exact) mass is 520 g/mol. The predicted molar refractivity (Wildman–Crippen MR) is 121 cm³/mol. The van der Waals surface area contributed by atoms with Gasteiger partial charge in [-0.05, 0) is 49.8 Å². The molecule has 1 amide bonds. The number of hydrogen-bond acceptors (Lipinski definition) is 4. The van der Waals surface area contributed by atoms with Crippen LogP contribution in [0, 0.1) is 11.3 Å². The number of likely N-dealkylation sites (N-methyl/N-ethyl adjacent to an activating group) is 1. The molecule has 2 rings (SSSR count). The molecule has 29 heavy (non-hydrogen) atoms. The standard InChI is InChI=1S/C22H22Br2N2O3/c1-4-26(5-2)22(27)17(13-25)10-15-6-9-20(21(11-15)28-3)29-14-16-7-8-18(23)12-19(16)24/h6-12H,4-5,14H2,1-3H3/b17-10-. The highest BCUT2D eigenvalue weighted by molar-refractivity contribution is 9.11. The van der Waals surface area contributed by atoms with Gasteiger partial charge < -0.3 is 14.4 Å². The molecular formula is C22H22Br2N2O3. The van der Waals surface area contributed by atoms with Crippen LogP contribution in [0.2, 0.25) is 0 Å². The maximum absolute atomic E-state index is 12.4. The quantitative estimate of drug-likeness (QED) is 0.336. The van der Waals surface area contributed by atoms with Crippen LogP contribution in [0.3, 0.4) is 0 Å². The third kappa shape index (κ3) is 6.09. The van der Waals surface area contributed by atoms with E-state index in [0.717, 1.165) is 14.5 Å². The first-order valence-corrected chi connectivity index (χ1v) is 10.7. The number of amides is 1. The van der Waals surface area contributed by atoms with E-state index in [9.17, 15) is 10.1 Å². The van der Waals surface area contributed by atoms with Crippen molar-refractivity contribution in [3.8, 4) is 17.6 Å². The first kappa shape index (κ1) is 23.0. The van der Waals surface area contributed by atoms with Crippen molar-refractivity contribution < 1.29 is 14.3 Å². The van der Waals surface area contributed by atoms with E-state index in [2.05, 4.69) is 31.9 Å². The summed E-state index contributed by atoms with van der Waals surface area (Å²) in [5, 5.41) is 9.41. The normalized spacial score (nSPS) is 11.0. The fourth-order valence-corrected chi connectivity index (χ4v) is 3.84. The molecule has 0 unspecified atom stereocenters. The number of nitriles is 1. The number of carbonyl (C=O) groups is 1. The van der Waals surface area contributed by atoms with Gasteiger partial charge in [0.1, 0.15) is 18.2 Å².